The summed E-state index contributed by atoms with van der Waals surface area (Å²) in [6.07, 6.45) is -2.67. The molecule has 0 fully saturated rings. The predicted molar refractivity (Wildman–Crippen MR) is 91.2 cm³/mol. The van der Waals surface area contributed by atoms with Gasteiger partial charge in [0.2, 0.25) is 5.95 Å². The van der Waals surface area contributed by atoms with Crippen molar-refractivity contribution in [3.05, 3.63) is 76.9 Å². The Morgan fingerprint density at radius 3 is 2.33 bits per heavy atom. The molecule has 3 rings (SSSR count). The fourth-order valence-corrected chi connectivity index (χ4v) is 2.33. The fourth-order valence-electron chi connectivity index (χ4n) is 2.20. The van der Waals surface area contributed by atoms with Gasteiger partial charge in [0.1, 0.15) is 5.69 Å². The lowest BCUT2D eigenvalue weighted by Gasteiger charge is -2.10. The third kappa shape index (κ3) is 4.06. The van der Waals surface area contributed by atoms with E-state index in [1.807, 2.05) is 30.3 Å². The Hall–Kier alpha value is -2.53. The summed E-state index contributed by atoms with van der Waals surface area (Å²) in [5, 5.41) is 3.57. The lowest BCUT2D eigenvalue weighted by atomic mass is 10.1. The molecule has 0 aliphatic carbocycles. The maximum atomic E-state index is 13.1. The summed E-state index contributed by atoms with van der Waals surface area (Å²) < 4.78 is 26.3. The zero-order valence-corrected chi connectivity index (χ0v) is 13.3. The molecule has 0 spiro atoms. The van der Waals surface area contributed by atoms with Crippen molar-refractivity contribution in [2.24, 2.45) is 0 Å². The minimum absolute atomic E-state index is 0.168. The number of halogens is 3. The molecule has 3 nitrogen and oxygen atoms in total. The molecule has 0 radical (unpaired) electrons. The molecule has 0 unspecified atom stereocenters. The largest absolute Gasteiger partial charge is 0.350 e. The van der Waals surface area contributed by atoms with Crippen LogP contribution in [-0.2, 0) is 6.54 Å². The summed E-state index contributed by atoms with van der Waals surface area (Å²) in [6, 6.07) is 17.8. The van der Waals surface area contributed by atoms with Crippen molar-refractivity contribution >= 4 is 17.5 Å². The van der Waals surface area contributed by atoms with E-state index in [1.165, 1.54) is 6.07 Å². The van der Waals surface area contributed by atoms with Gasteiger partial charge in [-0.2, -0.15) is 0 Å². The second kappa shape index (κ2) is 7.36. The average Bonchev–Trinajstić information content (AvgIpc) is 2.61. The van der Waals surface area contributed by atoms with Gasteiger partial charge in [0.05, 0.1) is 5.69 Å². The van der Waals surface area contributed by atoms with Crippen molar-refractivity contribution in [3.8, 4) is 11.3 Å². The van der Waals surface area contributed by atoms with Gasteiger partial charge < -0.3 is 5.32 Å². The molecule has 1 heterocycles. The van der Waals surface area contributed by atoms with E-state index in [9.17, 15) is 8.78 Å². The van der Waals surface area contributed by atoms with Gasteiger partial charge in [-0.3, -0.25) is 0 Å². The number of alkyl halides is 2. The lowest BCUT2D eigenvalue weighted by molar-refractivity contribution is 0.146. The second-order valence-corrected chi connectivity index (χ2v) is 5.58. The minimum atomic E-state index is -2.67. The molecule has 24 heavy (non-hydrogen) atoms. The quantitative estimate of drug-likeness (QED) is 0.677. The normalized spacial score (nSPS) is 10.8. The van der Waals surface area contributed by atoms with Crippen LogP contribution in [0.3, 0.4) is 0 Å². The van der Waals surface area contributed by atoms with Crippen molar-refractivity contribution in [2.45, 2.75) is 13.0 Å². The number of nitrogens with zero attached hydrogens (tertiary/aromatic N) is 2. The second-order valence-electron chi connectivity index (χ2n) is 5.15. The van der Waals surface area contributed by atoms with E-state index in [-0.39, 0.29) is 11.6 Å². The molecule has 2 aromatic carbocycles. The van der Waals surface area contributed by atoms with Crippen LogP contribution in [0.2, 0.25) is 5.02 Å². The molecule has 0 saturated carbocycles. The highest BCUT2D eigenvalue weighted by Crippen LogP contribution is 2.25. The fraction of sp³-hybridized carbons (Fsp3) is 0.111. The predicted octanol–water partition coefficient (Wildman–Crippen LogP) is 5.35. The van der Waals surface area contributed by atoms with E-state index < -0.39 is 6.43 Å². The van der Waals surface area contributed by atoms with Crippen LogP contribution in [0.1, 0.15) is 17.7 Å². The molecular weight excluding hydrogens is 332 g/mol. The molecule has 1 N–H and O–H groups in total. The topological polar surface area (TPSA) is 37.8 Å². The Morgan fingerprint density at radius 1 is 0.958 bits per heavy atom. The molecule has 1 aromatic heterocycles. The molecule has 0 bridgehead atoms. The first-order valence-corrected chi connectivity index (χ1v) is 7.70. The summed E-state index contributed by atoms with van der Waals surface area (Å²) in [7, 11) is 0. The van der Waals surface area contributed by atoms with Crippen molar-refractivity contribution in [1.82, 2.24) is 9.97 Å². The van der Waals surface area contributed by atoms with Gasteiger partial charge in [-0.25, -0.2) is 18.7 Å². The zero-order chi connectivity index (χ0) is 16.9. The number of rotatable bonds is 5. The molecule has 122 valence electrons. The van der Waals surface area contributed by atoms with E-state index in [4.69, 9.17) is 11.6 Å². The number of benzene rings is 2. The zero-order valence-electron chi connectivity index (χ0n) is 12.6. The van der Waals surface area contributed by atoms with Gasteiger partial charge >= 0.3 is 0 Å². The molecule has 0 amide bonds. The van der Waals surface area contributed by atoms with Crippen molar-refractivity contribution in [1.29, 1.82) is 0 Å². The molecular formula is C18H14ClF2N3. The Balaban J connectivity index is 1.89. The molecule has 3 aromatic rings. The van der Waals surface area contributed by atoms with E-state index in [0.717, 1.165) is 5.56 Å². The van der Waals surface area contributed by atoms with Gasteiger partial charge in [0, 0.05) is 17.1 Å². The molecule has 6 heteroatoms. The van der Waals surface area contributed by atoms with E-state index in [1.54, 1.807) is 24.3 Å². The highest BCUT2D eigenvalue weighted by molar-refractivity contribution is 6.30. The minimum Gasteiger partial charge on any atom is -0.350 e. The highest BCUT2D eigenvalue weighted by Gasteiger charge is 2.14. The van der Waals surface area contributed by atoms with E-state index in [0.29, 0.717) is 22.8 Å². The maximum Gasteiger partial charge on any atom is 0.280 e. The molecule has 0 atom stereocenters. The highest BCUT2D eigenvalue weighted by atomic mass is 35.5. The standard InChI is InChI=1S/C18H14ClF2N3/c19-14-8-6-13(7-9-14)15-10-16(17(20)21)24-18(23-15)22-11-12-4-2-1-3-5-12/h1-10,17H,11H2,(H,22,23,24). The number of anilines is 1. The van der Waals surface area contributed by atoms with E-state index in [2.05, 4.69) is 15.3 Å². The average molecular weight is 346 g/mol. The van der Waals surface area contributed by atoms with Crippen LogP contribution >= 0.6 is 11.6 Å². The monoisotopic (exact) mass is 345 g/mol. The van der Waals surface area contributed by atoms with Gasteiger partial charge in [0.15, 0.2) is 0 Å². The third-order valence-electron chi connectivity index (χ3n) is 3.40. The van der Waals surface area contributed by atoms with Gasteiger partial charge in [-0.05, 0) is 23.8 Å². The SMILES string of the molecule is FC(F)c1cc(-c2ccc(Cl)cc2)nc(NCc2ccccc2)n1. The van der Waals surface area contributed by atoms with Crippen LogP contribution in [0.4, 0.5) is 14.7 Å². The Labute approximate surface area is 143 Å². The maximum absolute atomic E-state index is 13.1. The lowest BCUT2D eigenvalue weighted by Crippen LogP contribution is -2.06. The smallest absolute Gasteiger partial charge is 0.280 e. The summed E-state index contributed by atoms with van der Waals surface area (Å²) in [5.41, 5.74) is 1.82. The number of hydrogen-bond acceptors (Lipinski definition) is 3. The van der Waals surface area contributed by atoms with Crippen LogP contribution in [0, 0.1) is 0 Å². The first-order chi connectivity index (χ1) is 11.6. The Morgan fingerprint density at radius 2 is 1.67 bits per heavy atom. The first-order valence-electron chi connectivity index (χ1n) is 7.33. The van der Waals surface area contributed by atoms with Crippen molar-refractivity contribution in [2.75, 3.05) is 5.32 Å². The van der Waals surface area contributed by atoms with Crippen molar-refractivity contribution < 1.29 is 8.78 Å². The Bertz CT molecular complexity index is 808. The van der Waals surface area contributed by atoms with Gasteiger partial charge in [-0.1, -0.05) is 54.1 Å². The van der Waals surface area contributed by atoms with Crippen LogP contribution in [0.5, 0.6) is 0 Å². The van der Waals surface area contributed by atoms with Crippen LogP contribution < -0.4 is 5.32 Å². The molecule has 0 aliphatic heterocycles. The summed E-state index contributed by atoms with van der Waals surface area (Å²) in [6.45, 7) is 0.452. The molecule has 0 aliphatic rings. The van der Waals surface area contributed by atoms with Crippen LogP contribution in [0.25, 0.3) is 11.3 Å². The van der Waals surface area contributed by atoms with Crippen LogP contribution in [0.15, 0.2) is 60.7 Å². The van der Waals surface area contributed by atoms with Crippen LogP contribution in [-0.4, -0.2) is 9.97 Å². The summed E-state index contributed by atoms with van der Waals surface area (Å²) in [4.78, 5) is 8.22. The summed E-state index contributed by atoms with van der Waals surface area (Å²) >= 11 is 5.86. The Kier molecular flexibility index (Phi) is 5.01. The molecule has 0 saturated heterocycles. The number of hydrogen-bond donors (Lipinski definition) is 1. The summed E-state index contributed by atoms with van der Waals surface area (Å²) in [5.74, 6) is 0.168. The van der Waals surface area contributed by atoms with Gasteiger partial charge in [0.25, 0.3) is 6.43 Å². The first kappa shape index (κ1) is 16.3. The van der Waals surface area contributed by atoms with Crippen molar-refractivity contribution in [3.63, 3.8) is 0 Å². The third-order valence-corrected chi connectivity index (χ3v) is 3.65. The van der Waals surface area contributed by atoms with Gasteiger partial charge in [-0.15, -0.1) is 0 Å². The van der Waals surface area contributed by atoms with E-state index >= 15 is 0 Å². The number of nitrogens with one attached hydrogen (secondary N) is 1. The number of aromatic nitrogens is 2.